The molecule has 2 aromatic heterocycles. The van der Waals surface area contributed by atoms with Gasteiger partial charge in [0.25, 0.3) is 5.56 Å². The van der Waals surface area contributed by atoms with E-state index in [4.69, 9.17) is 14.5 Å². The summed E-state index contributed by atoms with van der Waals surface area (Å²) in [5.74, 6) is 0.125. The molecule has 9 heteroatoms. The first-order chi connectivity index (χ1) is 20.5. The zero-order valence-corrected chi connectivity index (χ0v) is 23.8. The molecule has 0 saturated heterocycles. The number of nitriles is 1. The number of nitrogens with zero attached hydrogens (tertiary/aromatic N) is 4. The van der Waals surface area contributed by atoms with E-state index in [1.165, 1.54) is 11.3 Å². The predicted octanol–water partition coefficient (Wildman–Crippen LogP) is 4.42. The third-order valence-electron chi connectivity index (χ3n) is 7.15. The number of methoxy groups -OCH3 is 1. The first-order valence-electron chi connectivity index (χ1n) is 13.4. The molecule has 0 fully saturated rings. The zero-order valence-electron chi connectivity index (χ0n) is 23.0. The van der Waals surface area contributed by atoms with Crippen molar-refractivity contribution in [2.75, 3.05) is 13.7 Å². The fourth-order valence-corrected chi connectivity index (χ4v) is 6.27. The molecule has 1 aliphatic heterocycles. The van der Waals surface area contributed by atoms with Gasteiger partial charge in [0.1, 0.15) is 12.3 Å². The SMILES string of the molecule is CCOC(=O)C1=C(c2ccccc2)N=c2s/c(=C\c3cn(CC#N)c4ccccc34)c(=O)n2[C@H]1c1ccc(OC)cc1. The fraction of sp³-hybridized carbons (Fsp3) is 0.152. The molecule has 3 aromatic carbocycles. The molecule has 0 saturated carbocycles. The van der Waals surface area contributed by atoms with Gasteiger partial charge >= 0.3 is 5.97 Å². The number of carbonyl (C=O) groups is 1. The Hall–Kier alpha value is -5.20. The van der Waals surface area contributed by atoms with Gasteiger partial charge in [-0.2, -0.15) is 5.26 Å². The number of esters is 1. The van der Waals surface area contributed by atoms with Crippen molar-refractivity contribution in [2.24, 2.45) is 4.99 Å². The number of hydrogen-bond acceptors (Lipinski definition) is 7. The van der Waals surface area contributed by atoms with Gasteiger partial charge in [-0.1, -0.05) is 72.0 Å². The molecule has 42 heavy (non-hydrogen) atoms. The molecule has 208 valence electrons. The highest BCUT2D eigenvalue weighted by Crippen LogP contribution is 2.35. The Morgan fingerprint density at radius 2 is 1.81 bits per heavy atom. The van der Waals surface area contributed by atoms with Gasteiger partial charge in [-0.05, 0) is 36.8 Å². The molecule has 0 bridgehead atoms. The van der Waals surface area contributed by atoms with E-state index >= 15 is 0 Å². The van der Waals surface area contributed by atoms with Crippen LogP contribution in [0.25, 0.3) is 22.7 Å². The van der Waals surface area contributed by atoms with Crippen LogP contribution >= 0.6 is 11.3 Å². The Kier molecular flexibility index (Phi) is 7.30. The van der Waals surface area contributed by atoms with Gasteiger partial charge in [-0.25, -0.2) is 9.79 Å². The summed E-state index contributed by atoms with van der Waals surface area (Å²) in [5, 5.41) is 10.3. The number of benzene rings is 3. The molecule has 0 radical (unpaired) electrons. The lowest BCUT2D eigenvalue weighted by atomic mass is 9.93. The van der Waals surface area contributed by atoms with E-state index in [0.717, 1.165) is 27.6 Å². The molecule has 5 aromatic rings. The van der Waals surface area contributed by atoms with Crippen molar-refractivity contribution >= 4 is 40.0 Å². The highest BCUT2D eigenvalue weighted by Gasteiger charge is 2.35. The maximum atomic E-state index is 14.2. The third-order valence-corrected chi connectivity index (χ3v) is 8.14. The molecule has 6 rings (SSSR count). The summed E-state index contributed by atoms with van der Waals surface area (Å²) in [4.78, 5) is 33.2. The van der Waals surface area contributed by atoms with E-state index in [-0.39, 0.29) is 24.3 Å². The predicted molar refractivity (Wildman–Crippen MR) is 162 cm³/mol. The van der Waals surface area contributed by atoms with Crippen LogP contribution in [0.1, 0.15) is 29.7 Å². The molecule has 0 unspecified atom stereocenters. The molecule has 1 aliphatic rings. The van der Waals surface area contributed by atoms with Gasteiger partial charge in [0.05, 0.1) is 41.6 Å². The second-order valence-corrected chi connectivity index (χ2v) is 10.6. The number of thiazole rings is 1. The monoisotopic (exact) mass is 574 g/mol. The quantitative estimate of drug-likeness (QED) is 0.268. The summed E-state index contributed by atoms with van der Waals surface area (Å²) in [6, 6.07) is 26.0. The molecule has 0 spiro atoms. The highest BCUT2D eigenvalue weighted by molar-refractivity contribution is 7.07. The molecule has 3 heterocycles. The number of rotatable bonds is 7. The average Bonchev–Trinajstić information content (AvgIpc) is 3.53. The van der Waals surface area contributed by atoms with Crippen LogP contribution < -0.4 is 19.6 Å². The second-order valence-electron chi connectivity index (χ2n) is 9.59. The highest BCUT2D eigenvalue weighted by atomic mass is 32.1. The minimum atomic E-state index is -0.775. The van der Waals surface area contributed by atoms with E-state index in [9.17, 15) is 14.9 Å². The minimum Gasteiger partial charge on any atom is -0.497 e. The van der Waals surface area contributed by atoms with Crippen LogP contribution in [-0.4, -0.2) is 28.8 Å². The summed E-state index contributed by atoms with van der Waals surface area (Å²) < 4.78 is 14.8. The number of fused-ring (bicyclic) bond motifs is 2. The minimum absolute atomic E-state index is 0.177. The summed E-state index contributed by atoms with van der Waals surface area (Å²) >= 11 is 1.26. The van der Waals surface area contributed by atoms with Gasteiger partial charge < -0.3 is 14.0 Å². The van der Waals surface area contributed by atoms with Gasteiger partial charge in [0.15, 0.2) is 4.80 Å². The van der Waals surface area contributed by atoms with Crippen LogP contribution in [-0.2, 0) is 16.1 Å². The normalized spacial score (nSPS) is 14.8. The first-order valence-corrected chi connectivity index (χ1v) is 14.2. The van der Waals surface area contributed by atoms with Crippen LogP contribution in [0.5, 0.6) is 5.75 Å². The topological polar surface area (TPSA) is 98.6 Å². The van der Waals surface area contributed by atoms with Gasteiger partial charge in [0.2, 0.25) is 0 Å². The van der Waals surface area contributed by atoms with Crippen molar-refractivity contribution in [1.29, 1.82) is 5.26 Å². The molecule has 0 aliphatic carbocycles. The largest absolute Gasteiger partial charge is 0.497 e. The molecule has 0 N–H and O–H groups in total. The number of aromatic nitrogens is 2. The summed E-state index contributed by atoms with van der Waals surface area (Å²) in [6.07, 6.45) is 3.72. The average molecular weight is 575 g/mol. The fourth-order valence-electron chi connectivity index (χ4n) is 5.28. The molecule has 1 atom stereocenters. The summed E-state index contributed by atoms with van der Waals surface area (Å²) in [5.41, 5.74) is 3.68. The second kappa shape index (κ2) is 11.4. The molecule has 0 amide bonds. The van der Waals surface area contributed by atoms with E-state index in [1.807, 2.05) is 83.6 Å². The maximum Gasteiger partial charge on any atom is 0.338 e. The number of para-hydroxylation sites is 1. The van der Waals surface area contributed by atoms with Crippen molar-refractivity contribution in [3.63, 3.8) is 0 Å². The van der Waals surface area contributed by atoms with Crippen molar-refractivity contribution in [1.82, 2.24) is 9.13 Å². The van der Waals surface area contributed by atoms with Gasteiger partial charge in [-0.15, -0.1) is 0 Å². The van der Waals surface area contributed by atoms with Crippen molar-refractivity contribution in [3.8, 4) is 11.8 Å². The number of carbonyl (C=O) groups excluding carboxylic acids is 1. The lowest BCUT2D eigenvalue weighted by molar-refractivity contribution is -0.138. The number of ether oxygens (including phenoxy) is 2. The van der Waals surface area contributed by atoms with Crippen LogP contribution in [0.3, 0.4) is 0 Å². The van der Waals surface area contributed by atoms with Crippen LogP contribution in [0.2, 0.25) is 0 Å². The van der Waals surface area contributed by atoms with E-state index in [0.29, 0.717) is 20.8 Å². The Labute approximate surface area is 245 Å². The van der Waals surface area contributed by atoms with E-state index in [2.05, 4.69) is 6.07 Å². The Morgan fingerprint density at radius 3 is 2.52 bits per heavy atom. The smallest absolute Gasteiger partial charge is 0.338 e. The van der Waals surface area contributed by atoms with E-state index < -0.39 is 12.0 Å². The van der Waals surface area contributed by atoms with Gasteiger partial charge in [-0.3, -0.25) is 9.36 Å². The molecular formula is C33H26N4O4S. The maximum absolute atomic E-state index is 14.2. The van der Waals surface area contributed by atoms with Crippen LogP contribution in [0.4, 0.5) is 0 Å². The van der Waals surface area contributed by atoms with Crippen LogP contribution in [0.15, 0.2) is 100 Å². The lowest BCUT2D eigenvalue weighted by Crippen LogP contribution is -2.40. The Balaban J connectivity index is 1.64. The molecular weight excluding hydrogens is 548 g/mol. The summed E-state index contributed by atoms with van der Waals surface area (Å²) in [7, 11) is 1.59. The van der Waals surface area contributed by atoms with Crippen LogP contribution in [0, 0.1) is 11.3 Å². The molecule has 8 nitrogen and oxygen atoms in total. The van der Waals surface area contributed by atoms with Crippen molar-refractivity contribution in [3.05, 3.63) is 127 Å². The van der Waals surface area contributed by atoms with Crippen molar-refractivity contribution in [2.45, 2.75) is 19.5 Å². The summed E-state index contributed by atoms with van der Waals surface area (Å²) in [6.45, 7) is 2.12. The standard InChI is InChI=1S/C33H26N4O4S/c1-3-41-32(39)28-29(21-9-5-4-6-10-21)35-33-37(30(28)22-13-15-24(40-2)16-14-22)31(38)27(42-33)19-23-20-36(18-17-34)26-12-8-7-11-25(23)26/h4-16,19-20,30H,3,18H2,1-2H3/b27-19-/t30-/m0/s1. The Bertz CT molecular complexity index is 2060. The first kappa shape index (κ1) is 27.0. The van der Waals surface area contributed by atoms with Gasteiger partial charge in [0, 0.05) is 28.2 Å². The Morgan fingerprint density at radius 1 is 1.07 bits per heavy atom. The third kappa shape index (κ3) is 4.72. The van der Waals surface area contributed by atoms with Crippen molar-refractivity contribution < 1.29 is 14.3 Å². The zero-order chi connectivity index (χ0) is 29.2. The lowest BCUT2D eigenvalue weighted by Gasteiger charge is -2.26. The number of hydrogen-bond donors (Lipinski definition) is 0. The van der Waals surface area contributed by atoms with E-state index in [1.54, 1.807) is 30.7 Å².